The second-order valence-electron chi connectivity index (χ2n) is 7.31. The fraction of sp³-hybridized carbons (Fsp3) is 0.217. The molecule has 152 valence electrons. The van der Waals surface area contributed by atoms with Crippen molar-refractivity contribution in [2.24, 2.45) is 0 Å². The van der Waals surface area contributed by atoms with Crippen LogP contribution in [0.1, 0.15) is 41.4 Å². The van der Waals surface area contributed by atoms with Gasteiger partial charge < -0.3 is 9.15 Å². The van der Waals surface area contributed by atoms with Crippen molar-refractivity contribution in [3.05, 3.63) is 71.4 Å². The first-order chi connectivity index (χ1) is 14.5. The lowest BCUT2D eigenvalue weighted by Gasteiger charge is -2.13. The van der Waals surface area contributed by atoms with Crippen molar-refractivity contribution in [3.63, 3.8) is 0 Å². The summed E-state index contributed by atoms with van der Waals surface area (Å²) < 4.78 is 12.5. The van der Waals surface area contributed by atoms with Gasteiger partial charge in [0.1, 0.15) is 5.69 Å². The van der Waals surface area contributed by atoms with E-state index in [9.17, 15) is 4.79 Å². The van der Waals surface area contributed by atoms with Crippen LogP contribution in [0.25, 0.3) is 28.7 Å². The molecule has 0 unspecified atom stereocenters. The molecule has 0 fully saturated rings. The van der Waals surface area contributed by atoms with Gasteiger partial charge in [-0.05, 0) is 36.6 Å². The van der Waals surface area contributed by atoms with Gasteiger partial charge >= 0.3 is 5.97 Å². The molecule has 4 rings (SSSR count). The molecule has 0 saturated heterocycles. The molecule has 2 aromatic heterocycles. The molecule has 0 N–H and O–H groups in total. The van der Waals surface area contributed by atoms with Crippen molar-refractivity contribution in [1.29, 1.82) is 0 Å². The first-order valence-electron chi connectivity index (χ1n) is 9.66. The fourth-order valence-corrected chi connectivity index (χ4v) is 3.31. The first-order valence-corrected chi connectivity index (χ1v) is 9.66. The molecule has 0 atom stereocenters. The van der Waals surface area contributed by atoms with Gasteiger partial charge in [-0.2, -0.15) is 5.10 Å². The van der Waals surface area contributed by atoms with Crippen LogP contribution < -0.4 is 0 Å². The van der Waals surface area contributed by atoms with E-state index in [1.54, 1.807) is 10.7 Å². The summed E-state index contributed by atoms with van der Waals surface area (Å²) in [7, 11) is 1.33. The summed E-state index contributed by atoms with van der Waals surface area (Å²) in [5, 5.41) is 12.9. The maximum atomic E-state index is 12.2. The van der Waals surface area contributed by atoms with E-state index >= 15 is 0 Å². The molecule has 0 amide bonds. The number of aryl methyl sites for hydroxylation is 1. The molecule has 0 aliphatic heterocycles. The summed E-state index contributed by atoms with van der Waals surface area (Å²) in [6, 6.07) is 17.3. The van der Waals surface area contributed by atoms with Crippen molar-refractivity contribution in [1.82, 2.24) is 20.0 Å². The number of carbonyl (C=O) groups is 1. The molecule has 0 saturated carbocycles. The number of benzene rings is 2. The number of ether oxygens (including phenoxy) is 1. The lowest BCUT2D eigenvalue weighted by atomic mass is 10.0. The minimum absolute atomic E-state index is 0.168. The summed E-state index contributed by atoms with van der Waals surface area (Å²) >= 11 is 0. The van der Waals surface area contributed by atoms with Crippen molar-refractivity contribution >= 4 is 5.97 Å². The zero-order valence-corrected chi connectivity index (χ0v) is 17.3. The van der Waals surface area contributed by atoms with Crippen LogP contribution in [0.5, 0.6) is 0 Å². The van der Waals surface area contributed by atoms with Crippen LogP contribution in [-0.2, 0) is 4.74 Å². The minimum Gasteiger partial charge on any atom is -0.464 e. The molecular formula is C23H22N4O3. The molecule has 30 heavy (non-hydrogen) atoms. The van der Waals surface area contributed by atoms with E-state index < -0.39 is 5.97 Å². The SMILES string of the molecule is COC(=O)c1cc(-c2nnc(-c3cccc(C)c3)o2)n(-c2ccccc2C(C)C)n1. The summed E-state index contributed by atoms with van der Waals surface area (Å²) in [6.45, 7) is 6.21. The third-order valence-corrected chi connectivity index (χ3v) is 4.80. The van der Waals surface area contributed by atoms with Crippen molar-refractivity contribution in [2.75, 3.05) is 7.11 Å². The normalized spacial score (nSPS) is 11.1. The second-order valence-corrected chi connectivity index (χ2v) is 7.31. The van der Waals surface area contributed by atoms with Crippen molar-refractivity contribution in [2.45, 2.75) is 26.7 Å². The molecule has 0 radical (unpaired) electrons. The van der Waals surface area contributed by atoms with Crippen LogP contribution in [0.3, 0.4) is 0 Å². The lowest BCUT2D eigenvalue weighted by Crippen LogP contribution is -2.07. The molecule has 7 heteroatoms. The Morgan fingerprint density at radius 2 is 1.80 bits per heavy atom. The van der Waals surface area contributed by atoms with Gasteiger partial charge in [-0.3, -0.25) is 0 Å². The Morgan fingerprint density at radius 3 is 2.53 bits per heavy atom. The lowest BCUT2D eigenvalue weighted by molar-refractivity contribution is 0.0593. The van der Waals surface area contributed by atoms with Crippen LogP contribution in [0.2, 0.25) is 0 Å². The molecule has 7 nitrogen and oxygen atoms in total. The highest BCUT2D eigenvalue weighted by Crippen LogP contribution is 2.30. The monoisotopic (exact) mass is 402 g/mol. The number of esters is 1. The van der Waals surface area contributed by atoms with E-state index in [0.717, 1.165) is 22.4 Å². The molecule has 0 spiro atoms. The van der Waals surface area contributed by atoms with Gasteiger partial charge in [-0.25, -0.2) is 9.48 Å². The predicted octanol–water partition coefficient (Wildman–Crippen LogP) is 4.81. The van der Waals surface area contributed by atoms with Crippen LogP contribution >= 0.6 is 0 Å². The largest absolute Gasteiger partial charge is 0.464 e. The number of para-hydroxylation sites is 1. The van der Waals surface area contributed by atoms with E-state index in [1.807, 2.05) is 55.5 Å². The van der Waals surface area contributed by atoms with Crippen LogP contribution in [0, 0.1) is 6.92 Å². The molecule has 0 aliphatic carbocycles. The average molecular weight is 402 g/mol. The minimum atomic E-state index is -0.532. The van der Waals surface area contributed by atoms with E-state index in [4.69, 9.17) is 9.15 Å². The highest BCUT2D eigenvalue weighted by molar-refractivity contribution is 5.88. The standard InChI is InChI=1S/C23H22N4O3/c1-14(2)17-10-5-6-11-19(17)27-20(13-18(26-27)23(28)29-4)22-25-24-21(30-22)16-9-7-8-15(3)12-16/h5-14H,1-4H3. The highest BCUT2D eigenvalue weighted by Gasteiger charge is 2.23. The van der Waals surface area contributed by atoms with Gasteiger partial charge in [0.25, 0.3) is 5.89 Å². The number of aromatic nitrogens is 4. The maximum Gasteiger partial charge on any atom is 0.358 e. The van der Waals surface area contributed by atoms with Crippen molar-refractivity contribution < 1.29 is 13.9 Å². The van der Waals surface area contributed by atoms with E-state index in [2.05, 4.69) is 29.1 Å². The average Bonchev–Trinajstić information content (AvgIpc) is 3.40. The topological polar surface area (TPSA) is 83.0 Å². The van der Waals surface area contributed by atoms with E-state index in [1.165, 1.54) is 7.11 Å². The second kappa shape index (κ2) is 7.94. The Hall–Kier alpha value is -3.74. The molecule has 2 heterocycles. The number of methoxy groups -OCH3 is 1. The van der Waals surface area contributed by atoms with Gasteiger partial charge in [-0.15, -0.1) is 10.2 Å². The zero-order valence-electron chi connectivity index (χ0n) is 17.3. The third-order valence-electron chi connectivity index (χ3n) is 4.80. The van der Waals surface area contributed by atoms with Gasteiger partial charge in [0, 0.05) is 11.6 Å². The molecule has 0 bridgehead atoms. The van der Waals surface area contributed by atoms with Gasteiger partial charge in [0.2, 0.25) is 5.89 Å². The van der Waals surface area contributed by atoms with Crippen LogP contribution in [0.15, 0.2) is 59.0 Å². The van der Waals surface area contributed by atoms with Gasteiger partial charge in [-0.1, -0.05) is 49.7 Å². The Morgan fingerprint density at radius 1 is 1.03 bits per heavy atom. The highest BCUT2D eigenvalue weighted by atomic mass is 16.5. The summed E-state index contributed by atoms with van der Waals surface area (Å²) in [4.78, 5) is 12.2. The van der Waals surface area contributed by atoms with E-state index in [0.29, 0.717) is 11.6 Å². The van der Waals surface area contributed by atoms with Crippen LogP contribution in [0.4, 0.5) is 0 Å². The maximum absolute atomic E-state index is 12.2. The number of nitrogens with zero attached hydrogens (tertiary/aromatic N) is 4. The Bertz CT molecular complexity index is 1210. The van der Waals surface area contributed by atoms with E-state index in [-0.39, 0.29) is 17.5 Å². The molecule has 2 aromatic carbocycles. The molecule has 0 aliphatic rings. The number of hydrogen-bond acceptors (Lipinski definition) is 6. The molecule has 4 aromatic rings. The smallest absolute Gasteiger partial charge is 0.358 e. The fourth-order valence-electron chi connectivity index (χ4n) is 3.31. The predicted molar refractivity (Wildman–Crippen MR) is 112 cm³/mol. The Balaban J connectivity index is 1.87. The number of carbonyl (C=O) groups excluding carboxylic acids is 1. The zero-order chi connectivity index (χ0) is 21.3. The summed E-state index contributed by atoms with van der Waals surface area (Å²) in [5.74, 6) is 0.395. The Kier molecular flexibility index (Phi) is 5.18. The van der Waals surface area contributed by atoms with Gasteiger partial charge in [0.05, 0.1) is 12.8 Å². The van der Waals surface area contributed by atoms with Crippen LogP contribution in [-0.4, -0.2) is 33.1 Å². The summed E-state index contributed by atoms with van der Waals surface area (Å²) in [5.41, 5.74) is 4.53. The molecular weight excluding hydrogens is 380 g/mol. The third kappa shape index (κ3) is 3.61. The first kappa shape index (κ1) is 19.6. The van der Waals surface area contributed by atoms with Crippen molar-refractivity contribution in [3.8, 4) is 28.7 Å². The summed E-state index contributed by atoms with van der Waals surface area (Å²) in [6.07, 6.45) is 0. The Labute approximate surface area is 174 Å². The number of hydrogen-bond donors (Lipinski definition) is 0. The van der Waals surface area contributed by atoms with Gasteiger partial charge in [0.15, 0.2) is 5.69 Å². The quantitative estimate of drug-likeness (QED) is 0.446. The number of rotatable bonds is 5.